The van der Waals surface area contributed by atoms with E-state index in [2.05, 4.69) is 65.4 Å². The quantitative estimate of drug-likeness (QED) is 0.0814. The van der Waals surface area contributed by atoms with Crippen LogP contribution in [0.5, 0.6) is 0 Å². The van der Waals surface area contributed by atoms with Gasteiger partial charge in [0, 0.05) is 42.6 Å². The molecule has 1 heterocycles. The van der Waals surface area contributed by atoms with Crippen LogP contribution in [0.3, 0.4) is 0 Å². The Kier molecular flexibility index (Phi) is 11.8. The lowest BCUT2D eigenvalue weighted by atomic mass is 9.95. The van der Waals surface area contributed by atoms with Crippen LogP contribution < -0.4 is 15.3 Å². The summed E-state index contributed by atoms with van der Waals surface area (Å²) in [6.07, 6.45) is 0.432. The van der Waals surface area contributed by atoms with Crippen molar-refractivity contribution < 1.29 is 13.0 Å². The van der Waals surface area contributed by atoms with Gasteiger partial charge in [-0.25, -0.2) is 12.4 Å². The summed E-state index contributed by atoms with van der Waals surface area (Å²) in [7, 11) is -5.15. The van der Waals surface area contributed by atoms with Crippen LogP contribution in [0.1, 0.15) is 43.6 Å². The van der Waals surface area contributed by atoms with Crippen LogP contribution in [-0.4, -0.2) is 30.1 Å². The number of para-hydroxylation sites is 1. The number of fused-ring (bicyclic) bond motifs is 1. The molecule has 1 aromatic heterocycles. The summed E-state index contributed by atoms with van der Waals surface area (Å²) < 4.78 is 48.5. The van der Waals surface area contributed by atoms with Gasteiger partial charge in [-0.15, -0.1) is 4.72 Å². The van der Waals surface area contributed by atoms with Crippen molar-refractivity contribution >= 4 is 59.2 Å². The summed E-state index contributed by atoms with van der Waals surface area (Å²) in [5, 5.41) is 3.07. The van der Waals surface area contributed by atoms with Crippen LogP contribution in [0.2, 0.25) is 0 Å². The summed E-state index contributed by atoms with van der Waals surface area (Å²) in [5.41, 5.74) is 5.10. The molecule has 6 aromatic carbocycles. The van der Waals surface area contributed by atoms with E-state index in [9.17, 15) is 13.0 Å². The van der Waals surface area contributed by atoms with E-state index in [1.54, 1.807) is 28.2 Å². The predicted molar refractivity (Wildman–Crippen MR) is 224 cm³/mol. The number of benzene rings is 6. The third-order valence-electron chi connectivity index (χ3n) is 9.12. The number of rotatable bonds is 11. The van der Waals surface area contributed by atoms with E-state index in [-0.39, 0.29) is 13.3 Å². The van der Waals surface area contributed by atoms with E-state index in [0.717, 1.165) is 38.2 Å². The van der Waals surface area contributed by atoms with E-state index in [1.165, 1.54) is 0 Å². The second kappa shape index (κ2) is 16.3. The van der Waals surface area contributed by atoms with Gasteiger partial charge in [-0.2, -0.15) is 0 Å². The van der Waals surface area contributed by atoms with E-state index in [0.29, 0.717) is 17.4 Å². The molecular formula is C44H41BN2O3PS2. The number of nitrogens with zero attached hydrogens (tertiary/aromatic N) is 1. The molecule has 0 saturated carbocycles. The predicted octanol–water partition coefficient (Wildman–Crippen LogP) is 8.94. The van der Waals surface area contributed by atoms with Crippen molar-refractivity contribution in [3.63, 3.8) is 0 Å². The molecule has 0 saturated heterocycles. The SMILES string of the molecule is CC(C)(C)[S+]([O-])NC(c1ccc(-c2ccccc2)cc1)c1c(CP(c2ccccc2)c2ccccc2)n(S(=O)(=O)c2ccccc2)c2ccccc12.[B]. The molecule has 5 nitrogen and oxygen atoms in total. The molecule has 0 fully saturated rings. The van der Waals surface area contributed by atoms with Crippen LogP contribution in [-0.2, 0) is 27.5 Å². The fourth-order valence-corrected chi connectivity index (χ4v) is 11.3. The maximum Gasteiger partial charge on any atom is 0.268 e. The van der Waals surface area contributed by atoms with Crippen LogP contribution in [0.4, 0.5) is 0 Å². The lowest BCUT2D eigenvalue weighted by Crippen LogP contribution is -2.41. The Morgan fingerprint density at radius 1 is 0.660 bits per heavy atom. The molecule has 3 radical (unpaired) electrons. The van der Waals surface area contributed by atoms with Crippen molar-refractivity contribution in [2.45, 2.75) is 42.6 Å². The first-order valence-corrected chi connectivity index (χ1v) is 21.4. The molecule has 53 heavy (non-hydrogen) atoms. The number of nitrogens with one attached hydrogen (secondary N) is 1. The molecule has 9 heteroatoms. The van der Waals surface area contributed by atoms with E-state index >= 15 is 0 Å². The summed E-state index contributed by atoms with van der Waals surface area (Å²) in [5.74, 6) is 0. The third-order valence-corrected chi connectivity index (χ3v) is 14.9. The molecule has 0 aliphatic carbocycles. The normalized spacial score (nSPS) is 13.1. The molecule has 1 N–H and O–H groups in total. The lowest BCUT2D eigenvalue weighted by Gasteiger charge is -2.29. The first-order valence-electron chi connectivity index (χ1n) is 17.3. The van der Waals surface area contributed by atoms with E-state index in [4.69, 9.17) is 0 Å². The summed E-state index contributed by atoms with van der Waals surface area (Å²) in [6, 6.07) is 54.9. The Hall–Kier alpha value is -4.43. The standard InChI is InChI=1S/C44H41N2O3PS2.B/c1-44(2,3)51(47)45-43(35-30-28-34(29-31-35)33-18-8-4-9-19-33)42-39-26-16-17-27-40(39)46(52(48,49)38-24-14-7-15-25-38)41(42)32-50(36-20-10-5-11-21-36)37-22-12-6-13-23-37;/h4-31,43,45H,32H2,1-3H3;. The van der Waals surface area contributed by atoms with Gasteiger partial charge in [-0.05, 0) is 74.2 Å². The second-order valence-electron chi connectivity index (χ2n) is 13.6. The van der Waals surface area contributed by atoms with Crippen molar-refractivity contribution in [1.82, 2.24) is 8.69 Å². The third kappa shape index (κ3) is 8.08. The Labute approximate surface area is 319 Å². The Morgan fingerprint density at radius 2 is 1.13 bits per heavy atom. The van der Waals surface area contributed by atoms with Crippen LogP contribution in [0, 0.1) is 0 Å². The highest BCUT2D eigenvalue weighted by Gasteiger charge is 2.37. The van der Waals surface area contributed by atoms with Crippen molar-refractivity contribution in [2.75, 3.05) is 0 Å². The Morgan fingerprint density at radius 3 is 1.68 bits per heavy atom. The molecule has 0 spiro atoms. The summed E-state index contributed by atoms with van der Waals surface area (Å²) in [6.45, 7) is 5.83. The summed E-state index contributed by atoms with van der Waals surface area (Å²) >= 11 is -1.50. The van der Waals surface area contributed by atoms with Gasteiger partial charge in [-0.1, -0.05) is 152 Å². The minimum Gasteiger partial charge on any atom is -0.598 e. The molecule has 7 rings (SSSR count). The minimum absolute atomic E-state index is 0. The molecule has 265 valence electrons. The Balaban J connectivity index is 0.00000481. The molecule has 2 atom stereocenters. The first kappa shape index (κ1) is 38.3. The first-order chi connectivity index (χ1) is 25.1. The molecule has 2 unspecified atom stereocenters. The highest BCUT2D eigenvalue weighted by atomic mass is 32.2. The van der Waals surface area contributed by atoms with Gasteiger partial charge in [0.25, 0.3) is 10.0 Å². The molecule has 0 aliphatic rings. The van der Waals surface area contributed by atoms with Crippen molar-refractivity contribution in [3.8, 4) is 11.1 Å². The fourth-order valence-electron chi connectivity index (χ4n) is 6.51. The van der Waals surface area contributed by atoms with Crippen molar-refractivity contribution in [1.29, 1.82) is 0 Å². The minimum atomic E-state index is -4.08. The molecule has 0 amide bonds. The number of aromatic nitrogens is 1. The molecule has 7 aromatic rings. The van der Waals surface area contributed by atoms with Crippen molar-refractivity contribution in [3.05, 3.63) is 187 Å². The average molecular weight is 752 g/mol. The lowest BCUT2D eigenvalue weighted by molar-refractivity contribution is 0.535. The van der Waals surface area contributed by atoms with Crippen LogP contribution in [0.15, 0.2) is 175 Å². The van der Waals surface area contributed by atoms with Gasteiger partial charge in [0.1, 0.15) is 10.8 Å². The van der Waals surface area contributed by atoms with Gasteiger partial charge in [0.15, 0.2) is 0 Å². The zero-order chi connectivity index (χ0) is 36.3. The smallest absolute Gasteiger partial charge is 0.268 e. The van der Waals surface area contributed by atoms with Gasteiger partial charge in [0.2, 0.25) is 0 Å². The zero-order valence-electron chi connectivity index (χ0n) is 30.0. The van der Waals surface area contributed by atoms with Gasteiger partial charge in [0.05, 0.1) is 10.4 Å². The number of hydrogen-bond acceptors (Lipinski definition) is 4. The largest absolute Gasteiger partial charge is 0.598 e. The molecular weight excluding hydrogens is 710 g/mol. The fraction of sp³-hybridized carbons (Fsp3) is 0.136. The Bertz CT molecular complexity index is 2330. The van der Waals surface area contributed by atoms with Gasteiger partial charge in [-0.3, -0.25) is 0 Å². The average Bonchev–Trinajstić information content (AvgIpc) is 3.51. The maximum atomic E-state index is 15.0. The topological polar surface area (TPSA) is 74.2 Å². The summed E-state index contributed by atoms with van der Waals surface area (Å²) in [4.78, 5) is 0.210. The van der Waals surface area contributed by atoms with Crippen LogP contribution in [0.25, 0.3) is 22.0 Å². The highest BCUT2D eigenvalue weighted by molar-refractivity contribution is 7.91. The van der Waals surface area contributed by atoms with E-state index in [1.807, 2.05) is 106 Å². The maximum absolute atomic E-state index is 15.0. The molecule has 0 aliphatic heterocycles. The molecule has 0 bridgehead atoms. The van der Waals surface area contributed by atoms with Crippen LogP contribution >= 0.6 is 7.92 Å². The van der Waals surface area contributed by atoms with Gasteiger partial charge >= 0.3 is 0 Å². The highest BCUT2D eigenvalue weighted by Crippen LogP contribution is 2.45. The monoisotopic (exact) mass is 751 g/mol. The number of hydrogen-bond donors (Lipinski definition) is 1. The van der Waals surface area contributed by atoms with Crippen molar-refractivity contribution in [2.24, 2.45) is 0 Å². The zero-order valence-corrected chi connectivity index (χ0v) is 32.5. The van der Waals surface area contributed by atoms with E-state index < -0.39 is 40.1 Å². The second-order valence-corrected chi connectivity index (χ2v) is 19.6. The van der Waals surface area contributed by atoms with Gasteiger partial charge < -0.3 is 4.55 Å².